The van der Waals surface area contributed by atoms with Crippen molar-refractivity contribution in [3.8, 4) is 5.88 Å². The van der Waals surface area contributed by atoms with Gasteiger partial charge in [-0.2, -0.15) is 0 Å². The summed E-state index contributed by atoms with van der Waals surface area (Å²) in [4.78, 5) is 32.1. The number of rotatable bonds is 2. The van der Waals surface area contributed by atoms with E-state index in [-0.39, 0.29) is 10.8 Å². The summed E-state index contributed by atoms with van der Waals surface area (Å²) in [6, 6.07) is 15.2. The number of aromatic nitrogens is 2. The first-order chi connectivity index (χ1) is 13.4. The zero-order chi connectivity index (χ0) is 19.8. The molecule has 4 rings (SSSR count). The molecule has 0 bridgehead atoms. The Morgan fingerprint density at radius 2 is 1.89 bits per heavy atom. The van der Waals surface area contributed by atoms with Crippen molar-refractivity contribution in [2.75, 3.05) is 0 Å². The van der Waals surface area contributed by atoms with Gasteiger partial charge >= 0.3 is 5.69 Å². The number of aromatic hydroxyl groups is 1. The van der Waals surface area contributed by atoms with Crippen molar-refractivity contribution in [2.24, 2.45) is 12.0 Å². The van der Waals surface area contributed by atoms with Gasteiger partial charge in [0.2, 0.25) is 5.88 Å². The van der Waals surface area contributed by atoms with E-state index in [9.17, 15) is 14.7 Å². The second-order valence-corrected chi connectivity index (χ2v) is 8.09. The fraction of sp³-hybridized carbons (Fsp3) is 0.150. The first-order valence-corrected chi connectivity index (χ1v) is 9.81. The molecule has 1 aliphatic heterocycles. The lowest BCUT2D eigenvalue weighted by Crippen LogP contribution is -2.32. The minimum atomic E-state index is -0.676. The molecule has 1 atom stereocenters. The summed E-state index contributed by atoms with van der Waals surface area (Å²) >= 11 is 7.66. The lowest BCUT2D eigenvalue weighted by molar-refractivity contribution is 0.416. The molecular weight excluding hydrogens is 398 g/mol. The quantitative estimate of drug-likeness (QED) is 0.669. The van der Waals surface area contributed by atoms with E-state index in [1.807, 2.05) is 48.5 Å². The van der Waals surface area contributed by atoms with E-state index in [1.165, 1.54) is 7.05 Å². The SMILES string of the molecule is Cn1c(O)c(C2=Nc3ccccc3S[C@@H](c3ccc(Cl)cc3)C2)c(=O)[nH]c1=O. The maximum Gasteiger partial charge on any atom is 0.330 e. The first kappa shape index (κ1) is 18.6. The standard InChI is InChI=1S/C20H16ClN3O3S/c1-24-19(26)17(18(25)23-20(24)27)14-10-16(11-6-8-12(21)9-7-11)28-15-5-3-2-4-13(15)22-14/h2-9,16,26H,10H2,1H3,(H,23,25,27)/t16-/m1/s1. The molecule has 3 aromatic rings. The van der Waals surface area contributed by atoms with Crippen molar-refractivity contribution in [3.05, 3.63) is 85.5 Å². The van der Waals surface area contributed by atoms with Gasteiger partial charge in [0.15, 0.2) is 0 Å². The highest BCUT2D eigenvalue weighted by Crippen LogP contribution is 2.45. The molecule has 0 saturated carbocycles. The molecule has 28 heavy (non-hydrogen) atoms. The third-order valence-electron chi connectivity index (χ3n) is 4.59. The number of aliphatic imine (C=N–C) groups is 1. The molecule has 2 aromatic carbocycles. The Kier molecular flexibility index (Phi) is 4.87. The van der Waals surface area contributed by atoms with Crippen molar-refractivity contribution in [1.29, 1.82) is 0 Å². The van der Waals surface area contributed by atoms with Crippen LogP contribution in [0.2, 0.25) is 5.02 Å². The highest BCUT2D eigenvalue weighted by atomic mass is 35.5. The smallest absolute Gasteiger partial charge is 0.330 e. The molecular formula is C20H16ClN3O3S. The molecule has 2 N–H and O–H groups in total. The number of hydrogen-bond acceptors (Lipinski definition) is 5. The number of benzene rings is 2. The van der Waals surface area contributed by atoms with E-state index in [0.717, 1.165) is 15.0 Å². The zero-order valence-electron chi connectivity index (χ0n) is 14.8. The number of aromatic amines is 1. The Bertz CT molecular complexity index is 1200. The van der Waals surface area contributed by atoms with Crippen LogP contribution in [-0.2, 0) is 7.05 Å². The van der Waals surface area contributed by atoms with Gasteiger partial charge < -0.3 is 5.11 Å². The second kappa shape index (κ2) is 7.33. The maximum atomic E-state index is 12.5. The van der Waals surface area contributed by atoms with E-state index in [4.69, 9.17) is 11.6 Å². The minimum Gasteiger partial charge on any atom is -0.494 e. The molecule has 6 nitrogen and oxygen atoms in total. The van der Waals surface area contributed by atoms with Gasteiger partial charge in [0.05, 0.1) is 11.4 Å². The maximum absolute atomic E-state index is 12.5. The largest absolute Gasteiger partial charge is 0.494 e. The number of H-pyrrole nitrogens is 1. The van der Waals surface area contributed by atoms with Gasteiger partial charge in [-0.25, -0.2) is 4.79 Å². The van der Waals surface area contributed by atoms with Gasteiger partial charge in [-0.3, -0.25) is 19.3 Å². The van der Waals surface area contributed by atoms with E-state index in [2.05, 4.69) is 9.98 Å². The fourth-order valence-electron chi connectivity index (χ4n) is 3.10. The summed E-state index contributed by atoms with van der Waals surface area (Å²) in [5, 5.41) is 11.1. The van der Waals surface area contributed by atoms with E-state index < -0.39 is 17.1 Å². The topological polar surface area (TPSA) is 87.4 Å². The summed E-state index contributed by atoms with van der Waals surface area (Å²) in [7, 11) is 1.40. The van der Waals surface area contributed by atoms with Crippen LogP contribution < -0.4 is 11.2 Å². The Morgan fingerprint density at radius 1 is 1.18 bits per heavy atom. The summed E-state index contributed by atoms with van der Waals surface area (Å²) in [5.41, 5.74) is 0.847. The number of hydrogen-bond donors (Lipinski definition) is 2. The zero-order valence-corrected chi connectivity index (χ0v) is 16.4. The minimum absolute atomic E-state index is 0.0124. The summed E-state index contributed by atoms with van der Waals surface area (Å²) in [6.07, 6.45) is 0.399. The number of nitrogens with one attached hydrogen (secondary N) is 1. The Morgan fingerprint density at radius 3 is 2.64 bits per heavy atom. The van der Waals surface area contributed by atoms with Crippen molar-refractivity contribution in [1.82, 2.24) is 9.55 Å². The number of nitrogens with zero attached hydrogens (tertiary/aromatic N) is 2. The molecule has 1 aromatic heterocycles. The lowest BCUT2D eigenvalue weighted by atomic mass is 10.0. The van der Waals surface area contributed by atoms with Crippen LogP contribution in [0, 0.1) is 0 Å². The number of fused-ring (bicyclic) bond motifs is 1. The van der Waals surface area contributed by atoms with E-state index in [1.54, 1.807) is 11.8 Å². The van der Waals surface area contributed by atoms with Crippen LogP contribution in [0.5, 0.6) is 5.88 Å². The predicted molar refractivity (Wildman–Crippen MR) is 111 cm³/mol. The number of thioether (sulfide) groups is 1. The van der Waals surface area contributed by atoms with Crippen LogP contribution in [0.1, 0.15) is 22.8 Å². The molecule has 142 valence electrons. The van der Waals surface area contributed by atoms with Gasteiger partial charge in [0.25, 0.3) is 5.56 Å². The van der Waals surface area contributed by atoms with Gasteiger partial charge in [0, 0.05) is 28.6 Å². The number of para-hydroxylation sites is 1. The van der Waals surface area contributed by atoms with Crippen molar-refractivity contribution in [2.45, 2.75) is 16.6 Å². The molecule has 0 amide bonds. The predicted octanol–water partition coefficient (Wildman–Crippen LogP) is 3.79. The lowest BCUT2D eigenvalue weighted by Gasteiger charge is -2.16. The van der Waals surface area contributed by atoms with Gasteiger partial charge in [0.1, 0.15) is 5.56 Å². The van der Waals surface area contributed by atoms with Crippen LogP contribution in [0.3, 0.4) is 0 Å². The van der Waals surface area contributed by atoms with Gasteiger partial charge in [-0.05, 0) is 29.8 Å². The van der Waals surface area contributed by atoms with E-state index >= 15 is 0 Å². The molecule has 0 aliphatic carbocycles. The van der Waals surface area contributed by atoms with Gasteiger partial charge in [-0.1, -0.05) is 35.9 Å². The average molecular weight is 414 g/mol. The molecule has 0 saturated heterocycles. The van der Waals surface area contributed by atoms with Crippen LogP contribution in [0.4, 0.5) is 5.69 Å². The molecule has 0 unspecified atom stereocenters. The van der Waals surface area contributed by atoms with E-state index in [0.29, 0.717) is 22.8 Å². The molecule has 0 spiro atoms. The highest BCUT2D eigenvalue weighted by molar-refractivity contribution is 7.99. The Balaban J connectivity index is 1.90. The fourth-order valence-corrected chi connectivity index (χ4v) is 4.46. The molecule has 0 fully saturated rings. The summed E-state index contributed by atoms with van der Waals surface area (Å²) < 4.78 is 1.00. The molecule has 8 heteroatoms. The van der Waals surface area contributed by atoms with Crippen LogP contribution in [0.15, 0.2) is 68.0 Å². The van der Waals surface area contributed by atoms with Crippen molar-refractivity contribution < 1.29 is 5.11 Å². The first-order valence-electron chi connectivity index (χ1n) is 8.55. The summed E-state index contributed by atoms with van der Waals surface area (Å²) in [5.74, 6) is -0.397. The summed E-state index contributed by atoms with van der Waals surface area (Å²) in [6.45, 7) is 0. The van der Waals surface area contributed by atoms with Crippen molar-refractivity contribution in [3.63, 3.8) is 0 Å². The highest BCUT2D eigenvalue weighted by Gasteiger charge is 2.26. The van der Waals surface area contributed by atoms with Crippen molar-refractivity contribution >= 4 is 34.8 Å². The average Bonchev–Trinajstić information content (AvgIpc) is 2.86. The number of halogens is 1. The van der Waals surface area contributed by atoms with Gasteiger partial charge in [-0.15, -0.1) is 11.8 Å². The van der Waals surface area contributed by atoms with Crippen LogP contribution in [0.25, 0.3) is 0 Å². The normalized spacial score (nSPS) is 16.2. The Labute approximate surface area is 169 Å². The third-order valence-corrected chi connectivity index (χ3v) is 6.17. The second-order valence-electron chi connectivity index (χ2n) is 6.41. The Hall–Kier alpha value is -2.77. The molecule has 1 aliphatic rings. The molecule has 2 heterocycles. The van der Waals surface area contributed by atoms with Crippen LogP contribution >= 0.6 is 23.4 Å². The molecule has 0 radical (unpaired) electrons. The van der Waals surface area contributed by atoms with Crippen LogP contribution in [-0.4, -0.2) is 20.4 Å². The monoisotopic (exact) mass is 413 g/mol. The third kappa shape index (κ3) is 3.39.